The second kappa shape index (κ2) is 5.98. The minimum atomic E-state index is 0.0317. The summed E-state index contributed by atoms with van der Waals surface area (Å²) in [6.45, 7) is 2.41. The van der Waals surface area contributed by atoms with Crippen molar-refractivity contribution in [3.05, 3.63) is 35.4 Å². The van der Waals surface area contributed by atoms with Gasteiger partial charge in [0.05, 0.1) is 6.04 Å². The maximum absolute atomic E-state index is 11.7. The first-order valence-electron chi connectivity index (χ1n) is 6.48. The van der Waals surface area contributed by atoms with E-state index in [1.165, 1.54) is 5.56 Å². The van der Waals surface area contributed by atoms with E-state index < -0.39 is 0 Å². The van der Waals surface area contributed by atoms with E-state index >= 15 is 0 Å². The van der Waals surface area contributed by atoms with Crippen LogP contribution in [-0.4, -0.2) is 30.4 Å². The number of likely N-dealkylation sites (N-methyl/N-ethyl adjacent to an activating group) is 1. The van der Waals surface area contributed by atoms with Gasteiger partial charge in [0.2, 0.25) is 5.91 Å². The number of likely N-dealkylation sites (tertiary alicyclic amines) is 1. The molecule has 1 amide bonds. The third kappa shape index (κ3) is 2.89. The highest BCUT2D eigenvalue weighted by Crippen LogP contribution is 2.20. The van der Waals surface area contributed by atoms with Crippen molar-refractivity contribution in [2.45, 2.75) is 32.0 Å². The van der Waals surface area contributed by atoms with Crippen LogP contribution in [0.15, 0.2) is 24.3 Å². The lowest BCUT2D eigenvalue weighted by Crippen LogP contribution is -2.41. The largest absolute Gasteiger partial charge is 0.358 e. The van der Waals surface area contributed by atoms with Crippen LogP contribution in [0.2, 0.25) is 0 Å². The summed E-state index contributed by atoms with van der Waals surface area (Å²) in [5.74, 6) is 0.131. The van der Waals surface area contributed by atoms with Crippen LogP contribution in [0, 0.1) is 0 Å². The molecule has 3 N–H and O–H groups in total. The number of carbonyl (C=O) groups is 1. The molecule has 1 aromatic carbocycles. The Balaban J connectivity index is 2.01. The number of nitrogens with zero attached hydrogens (tertiary/aromatic N) is 1. The number of rotatable bonds is 4. The van der Waals surface area contributed by atoms with E-state index in [2.05, 4.69) is 34.5 Å². The molecule has 1 aliphatic heterocycles. The summed E-state index contributed by atoms with van der Waals surface area (Å²) in [7, 11) is 1.70. The lowest BCUT2D eigenvalue weighted by Gasteiger charge is -2.23. The highest BCUT2D eigenvalue weighted by Gasteiger charge is 2.29. The van der Waals surface area contributed by atoms with Gasteiger partial charge in [0.1, 0.15) is 0 Å². The highest BCUT2D eigenvalue weighted by molar-refractivity contribution is 5.81. The van der Waals surface area contributed by atoms with Gasteiger partial charge in [0.25, 0.3) is 0 Å². The number of benzene rings is 1. The molecule has 1 aliphatic rings. The van der Waals surface area contributed by atoms with E-state index in [-0.39, 0.29) is 11.9 Å². The van der Waals surface area contributed by atoms with Gasteiger partial charge in [-0.05, 0) is 30.5 Å². The summed E-state index contributed by atoms with van der Waals surface area (Å²) in [6.07, 6.45) is 2.06. The fraction of sp³-hybridized carbons (Fsp3) is 0.500. The van der Waals surface area contributed by atoms with Gasteiger partial charge in [0, 0.05) is 20.1 Å². The molecule has 1 atom stereocenters. The van der Waals surface area contributed by atoms with Crippen LogP contribution < -0.4 is 11.1 Å². The zero-order chi connectivity index (χ0) is 13.0. The molecule has 2 rings (SSSR count). The van der Waals surface area contributed by atoms with Gasteiger partial charge in [-0.15, -0.1) is 0 Å². The van der Waals surface area contributed by atoms with Crippen LogP contribution in [0.5, 0.6) is 0 Å². The molecular formula is C14H21N3O. The average Bonchev–Trinajstić information content (AvgIpc) is 2.87. The molecule has 4 nitrogen and oxygen atoms in total. The van der Waals surface area contributed by atoms with E-state index in [1.54, 1.807) is 7.05 Å². The van der Waals surface area contributed by atoms with E-state index in [9.17, 15) is 4.79 Å². The minimum Gasteiger partial charge on any atom is -0.358 e. The topological polar surface area (TPSA) is 58.4 Å². The SMILES string of the molecule is CNC(=O)C1CCCN1Cc1ccc(CN)cc1. The predicted octanol–water partition coefficient (Wildman–Crippen LogP) is 0.856. The van der Waals surface area contributed by atoms with Crippen molar-refractivity contribution in [3.8, 4) is 0 Å². The monoisotopic (exact) mass is 247 g/mol. The molecule has 0 bridgehead atoms. The van der Waals surface area contributed by atoms with Gasteiger partial charge < -0.3 is 11.1 Å². The van der Waals surface area contributed by atoms with Gasteiger partial charge >= 0.3 is 0 Å². The summed E-state index contributed by atoms with van der Waals surface area (Å²) >= 11 is 0. The highest BCUT2D eigenvalue weighted by atomic mass is 16.2. The van der Waals surface area contributed by atoms with Crippen molar-refractivity contribution >= 4 is 5.91 Å². The van der Waals surface area contributed by atoms with Crippen LogP contribution in [0.3, 0.4) is 0 Å². The Morgan fingerprint density at radius 3 is 2.67 bits per heavy atom. The number of nitrogens with two attached hydrogens (primary N) is 1. The predicted molar refractivity (Wildman–Crippen MR) is 71.8 cm³/mol. The first kappa shape index (κ1) is 13.1. The summed E-state index contributed by atoms with van der Waals surface area (Å²) in [4.78, 5) is 14.0. The van der Waals surface area contributed by atoms with Crippen molar-refractivity contribution < 1.29 is 4.79 Å². The lowest BCUT2D eigenvalue weighted by molar-refractivity contribution is -0.125. The van der Waals surface area contributed by atoms with Crippen LogP contribution in [0.25, 0.3) is 0 Å². The standard InChI is InChI=1S/C14H21N3O/c1-16-14(18)13-3-2-8-17(13)10-12-6-4-11(9-15)5-7-12/h4-7,13H,2-3,8-10,15H2,1H3,(H,16,18). The van der Waals surface area contributed by atoms with Gasteiger partial charge in [-0.25, -0.2) is 0 Å². The molecule has 18 heavy (non-hydrogen) atoms. The van der Waals surface area contributed by atoms with Crippen molar-refractivity contribution in [3.63, 3.8) is 0 Å². The molecule has 1 fully saturated rings. The molecule has 1 aromatic rings. The summed E-state index contributed by atoms with van der Waals surface area (Å²) in [6, 6.07) is 8.34. The second-order valence-corrected chi connectivity index (χ2v) is 4.76. The zero-order valence-corrected chi connectivity index (χ0v) is 10.9. The Morgan fingerprint density at radius 1 is 1.39 bits per heavy atom. The molecule has 0 aromatic heterocycles. The van der Waals surface area contributed by atoms with Crippen LogP contribution in [0.1, 0.15) is 24.0 Å². The summed E-state index contributed by atoms with van der Waals surface area (Å²) in [5, 5.41) is 2.74. The molecule has 0 aliphatic carbocycles. The van der Waals surface area contributed by atoms with Crippen molar-refractivity contribution in [2.75, 3.05) is 13.6 Å². The first-order chi connectivity index (χ1) is 8.74. The van der Waals surface area contributed by atoms with Crippen molar-refractivity contribution in [1.29, 1.82) is 0 Å². The first-order valence-corrected chi connectivity index (χ1v) is 6.48. The van der Waals surface area contributed by atoms with Gasteiger partial charge in [-0.3, -0.25) is 9.69 Å². The maximum Gasteiger partial charge on any atom is 0.237 e. The van der Waals surface area contributed by atoms with Gasteiger partial charge in [0.15, 0.2) is 0 Å². The second-order valence-electron chi connectivity index (χ2n) is 4.76. The van der Waals surface area contributed by atoms with Crippen LogP contribution >= 0.6 is 0 Å². The smallest absolute Gasteiger partial charge is 0.237 e. The number of carbonyl (C=O) groups excluding carboxylic acids is 1. The third-order valence-electron chi connectivity index (χ3n) is 3.56. The average molecular weight is 247 g/mol. The number of nitrogens with one attached hydrogen (secondary N) is 1. The normalized spacial score (nSPS) is 20.0. The summed E-state index contributed by atoms with van der Waals surface area (Å²) < 4.78 is 0. The molecule has 98 valence electrons. The Hall–Kier alpha value is -1.39. The maximum atomic E-state index is 11.7. The molecule has 1 saturated heterocycles. The Kier molecular flexibility index (Phi) is 4.33. The summed E-state index contributed by atoms with van der Waals surface area (Å²) in [5.41, 5.74) is 7.96. The van der Waals surface area contributed by atoms with E-state index in [1.807, 2.05) is 0 Å². The van der Waals surface area contributed by atoms with Gasteiger partial charge in [-0.2, -0.15) is 0 Å². The molecule has 0 saturated carbocycles. The lowest BCUT2D eigenvalue weighted by atomic mass is 10.1. The zero-order valence-electron chi connectivity index (χ0n) is 10.9. The minimum absolute atomic E-state index is 0.0317. The van der Waals surface area contributed by atoms with E-state index in [4.69, 9.17) is 5.73 Å². The van der Waals surface area contributed by atoms with E-state index in [0.717, 1.165) is 31.5 Å². The Bertz CT molecular complexity index is 402. The number of hydrogen-bond acceptors (Lipinski definition) is 3. The van der Waals surface area contributed by atoms with E-state index in [0.29, 0.717) is 6.54 Å². The number of hydrogen-bond donors (Lipinski definition) is 2. The Labute approximate surface area is 108 Å². The van der Waals surface area contributed by atoms with Crippen LogP contribution in [0.4, 0.5) is 0 Å². The molecule has 1 heterocycles. The van der Waals surface area contributed by atoms with Crippen molar-refractivity contribution in [2.24, 2.45) is 5.73 Å². The van der Waals surface area contributed by atoms with Gasteiger partial charge in [-0.1, -0.05) is 24.3 Å². The molecular weight excluding hydrogens is 226 g/mol. The third-order valence-corrected chi connectivity index (χ3v) is 3.56. The van der Waals surface area contributed by atoms with Crippen molar-refractivity contribution in [1.82, 2.24) is 10.2 Å². The molecule has 4 heteroatoms. The molecule has 0 spiro atoms. The quantitative estimate of drug-likeness (QED) is 0.829. The number of amides is 1. The fourth-order valence-electron chi connectivity index (χ4n) is 2.49. The molecule has 1 unspecified atom stereocenters. The van der Waals surface area contributed by atoms with Crippen LogP contribution in [-0.2, 0) is 17.9 Å². The fourth-order valence-corrected chi connectivity index (χ4v) is 2.49. The Morgan fingerprint density at radius 2 is 2.06 bits per heavy atom. The molecule has 0 radical (unpaired) electrons.